The average molecular weight is 507 g/mol. The standard InChI is InChI=1S/C19H14ClF3N2O5S2/c1-17(10-4-2-3-5-11(10)20)9-18(17,16(26)27)25-32(28,29)15-7-6-13(31-15)12-8-14(30-24-12)19(21,22)23/h2-8,25H,9H2,1H3,(H,26,27)/t17-,18-/m0/s1. The quantitative estimate of drug-likeness (QED) is 0.508. The summed E-state index contributed by atoms with van der Waals surface area (Å²) in [6.45, 7) is 1.60. The molecule has 7 nitrogen and oxygen atoms in total. The van der Waals surface area contributed by atoms with Gasteiger partial charge in [-0.3, -0.25) is 4.79 Å². The van der Waals surface area contributed by atoms with E-state index in [1.165, 1.54) is 6.07 Å². The largest absolute Gasteiger partial charge is 0.480 e. The van der Waals surface area contributed by atoms with Gasteiger partial charge in [-0.2, -0.15) is 17.9 Å². The molecule has 2 atom stereocenters. The lowest BCUT2D eigenvalue weighted by Crippen LogP contribution is -2.48. The van der Waals surface area contributed by atoms with Crippen LogP contribution in [-0.4, -0.2) is 30.2 Å². The minimum absolute atomic E-state index is 0.0330. The van der Waals surface area contributed by atoms with E-state index in [1.54, 1.807) is 31.2 Å². The zero-order valence-corrected chi connectivity index (χ0v) is 18.5. The highest BCUT2D eigenvalue weighted by Crippen LogP contribution is 2.59. The molecule has 1 saturated carbocycles. The van der Waals surface area contributed by atoms with Crippen molar-refractivity contribution in [3.05, 3.63) is 58.8 Å². The number of carboxylic acids is 1. The number of hydrogen-bond donors (Lipinski definition) is 2. The lowest BCUT2D eigenvalue weighted by atomic mass is 9.93. The fraction of sp³-hybridized carbons (Fsp3) is 0.263. The van der Waals surface area contributed by atoms with Crippen molar-refractivity contribution in [2.75, 3.05) is 0 Å². The lowest BCUT2D eigenvalue weighted by Gasteiger charge is -2.21. The van der Waals surface area contributed by atoms with Gasteiger partial charge in [-0.25, -0.2) is 8.42 Å². The van der Waals surface area contributed by atoms with Gasteiger partial charge in [0.05, 0.1) is 4.88 Å². The van der Waals surface area contributed by atoms with Crippen LogP contribution in [0.25, 0.3) is 10.6 Å². The SMILES string of the molecule is C[C@@]1(c2ccccc2Cl)C[C@]1(NS(=O)(=O)c1ccc(-c2cc(C(F)(F)F)on2)s1)C(=O)O. The number of nitrogens with one attached hydrogen (secondary N) is 1. The Balaban J connectivity index is 1.64. The van der Waals surface area contributed by atoms with Crippen LogP contribution in [0, 0.1) is 0 Å². The molecule has 3 aromatic rings. The van der Waals surface area contributed by atoms with Gasteiger partial charge in [0.1, 0.15) is 15.4 Å². The molecule has 2 heterocycles. The Morgan fingerprint density at radius 2 is 1.97 bits per heavy atom. The van der Waals surface area contributed by atoms with Crippen molar-refractivity contribution in [1.29, 1.82) is 0 Å². The van der Waals surface area contributed by atoms with E-state index in [9.17, 15) is 31.5 Å². The summed E-state index contributed by atoms with van der Waals surface area (Å²) < 4.78 is 70.4. The second-order valence-electron chi connectivity index (χ2n) is 7.50. The molecule has 1 aliphatic rings. The van der Waals surface area contributed by atoms with Gasteiger partial charge in [-0.05, 0) is 30.2 Å². The molecule has 0 bridgehead atoms. The average Bonchev–Trinajstić information content (AvgIpc) is 3.13. The van der Waals surface area contributed by atoms with Crippen molar-refractivity contribution in [2.45, 2.75) is 34.7 Å². The van der Waals surface area contributed by atoms with Crippen molar-refractivity contribution >= 4 is 38.9 Å². The van der Waals surface area contributed by atoms with Crippen LogP contribution in [0.3, 0.4) is 0 Å². The first-order valence-corrected chi connectivity index (χ1v) is 11.6. The van der Waals surface area contributed by atoms with Crippen LogP contribution >= 0.6 is 22.9 Å². The van der Waals surface area contributed by atoms with Crippen molar-refractivity contribution < 1.29 is 36.0 Å². The van der Waals surface area contributed by atoms with Crippen LogP contribution in [0.5, 0.6) is 0 Å². The first-order valence-electron chi connectivity index (χ1n) is 8.97. The molecular formula is C19H14ClF3N2O5S2. The van der Waals surface area contributed by atoms with Crippen LogP contribution in [0.1, 0.15) is 24.7 Å². The van der Waals surface area contributed by atoms with Gasteiger partial charge in [-0.1, -0.05) is 41.9 Å². The molecule has 0 spiro atoms. The van der Waals surface area contributed by atoms with Crippen LogP contribution in [-0.2, 0) is 26.4 Å². The summed E-state index contributed by atoms with van der Waals surface area (Å²) in [5, 5.41) is 13.5. The number of hydrogen-bond acceptors (Lipinski definition) is 6. The second kappa shape index (κ2) is 7.30. The Kier molecular flexibility index (Phi) is 5.20. The summed E-state index contributed by atoms with van der Waals surface area (Å²) >= 11 is 6.85. The number of aromatic nitrogens is 1. The summed E-state index contributed by atoms with van der Waals surface area (Å²) in [6.07, 6.45) is -4.77. The zero-order chi connectivity index (χ0) is 23.5. The molecule has 13 heteroatoms. The molecule has 4 rings (SSSR count). The Labute approximate surface area is 188 Å². The maximum atomic E-state index is 13.0. The van der Waals surface area contributed by atoms with Crippen LogP contribution in [0.2, 0.25) is 5.02 Å². The summed E-state index contributed by atoms with van der Waals surface area (Å²) in [4.78, 5) is 12.2. The van der Waals surface area contributed by atoms with E-state index in [4.69, 9.17) is 11.6 Å². The third-order valence-electron chi connectivity index (χ3n) is 5.47. The number of benzene rings is 1. The number of nitrogens with zero attached hydrogens (tertiary/aromatic N) is 1. The minimum atomic E-state index is -4.73. The van der Waals surface area contributed by atoms with E-state index in [-0.39, 0.29) is 21.2 Å². The number of thiophene rings is 1. The van der Waals surface area contributed by atoms with Crippen LogP contribution in [0.15, 0.2) is 51.2 Å². The molecule has 170 valence electrons. The van der Waals surface area contributed by atoms with E-state index < -0.39 is 38.9 Å². The Morgan fingerprint density at radius 1 is 1.28 bits per heavy atom. The molecule has 0 unspecified atom stereocenters. The molecule has 0 saturated heterocycles. The highest BCUT2D eigenvalue weighted by molar-refractivity contribution is 7.91. The predicted molar refractivity (Wildman–Crippen MR) is 109 cm³/mol. The number of carboxylic acid groups (broad SMARTS) is 1. The Bertz CT molecular complexity index is 1320. The first-order chi connectivity index (χ1) is 14.8. The number of sulfonamides is 1. The van der Waals surface area contributed by atoms with Gasteiger partial charge in [0.25, 0.3) is 10.0 Å². The van der Waals surface area contributed by atoms with Gasteiger partial charge in [0, 0.05) is 16.5 Å². The summed E-state index contributed by atoms with van der Waals surface area (Å²) in [7, 11) is -4.34. The smallest absolute Gasteiger partial charge is 0.452 e. The third kappa shape index (κ3) is 3.60. The summed E-state index contributed by atoms with van der Waals surface area (Å²) in [5.41, 5.74) is -2.64. The maximum Gasteiger partial charge on any atom is 0.452 e. The molecule has 32 heavy (non-hydrogen) atoms. The van der Waals surface area contributed by atoms with Crippen LogP contribution < -0.4 is 4.72 Å². The van der Waals surface area contributed by atoms with E-state index in [1.807, 2.05) is 0 Å². The molecular weight excluding hydrogens is 493 g/mol. The van der Waals surface area contributed by atoms with Crippen molar-refractivity contribution in [3.63, 3.8) is 0 Å². The van der Waals surface area contributed by atoms with Gasteiger partial charge in [-0.15, -0.1) is 11.3 Å². The Morgan fingerprint density at radius 3 is 2.56 bits per heavy atom. The fourth-order valence-corrected chi connectivity index (χ4v) is 6.69. The van der Waals surface area contributed by atoms with E-state index in [0.717, 1.165) is 6.07 Å². The first kappa shape index (κ1) is 22.8. The van der Waals surface area contributed by atoms with Gasteiger partial charge in [0.15, 0.2) is 0 Å². The molecule has 1 aromatic carbocycles. The monoisotopic (exact) mass is 506 g/mol. The van der Waals surface area contributed by atoms with Gasteiger partial charge >= 0.3 is 12.1 Å². The summed E-state index contributed by atoms with van der Waals surface area (Å²) in [6, 6.07) is 9.65. The fourth-order valence-electron chi connectivity index (χ4n) is 3.63. The molecule has 0 amide bonds. The number of aliphatic carboxylic acids is 1. The van der Waals surface area contributed by atoms with Crippen molar-refractivity contribution in [3.8, 4) is 10.6 Å². The maximum absolute atomic E-state index is 13.0. The molecule has 1 aliphatic carbocycles. The number of rotatable bonds is 6. The second-order valence-corrected chi connectivity index (χ2v) is 10.9. The van der Waals surface area contributed by atoms with Gasteiger partial charge < -0.3 is 9.63 Å². The van der Waals surface area contributed by atoms with Crippen LogP contribution in [0.4, 0.5) is 13.2 Å². The third-order valence-corrected chi connectivity index (χ3v) is 8.89. The zero-order valence-electron chi connectivity index (χ0n) is 16.1. The van der Waals surface area contributed by atoms with E-state index >= 15 is 0 Å². The minimum Gasteiger partial charge on any atom is -0.480 e. The lowest BCUT2D eigenvalue weighted by molar-refractivity contribution is -0.155. The Hall–Kier alpha value is -2.41. The highest BCUT2D eigenvalue weighted by Gasteiger charge is 2.72. The normalized spacial score (nSPS) is 23.3. The molecule has 2 N–H and O–H groups in total. The molecule has 2 aromatic heterocycles. The predicted octanol–water partition coefficient (Wildman–Crippen LogP) is 4.54. The van der Waals surface area contributed by atoms with Crippen molar-refractivity contribution in [1.82, 2.24) is 9.88 Å². The van der Waals surface area contributed by atoms with E-state index in [2.05, 4.69) is 14.4 Å². The molecule has 1 fully saturated rings. The molecule has 0 radical (unpaired) electrons. The molecule has 0 aliphatic heterocycles. The number of alkyl halides is 3. The summed E-state index contributed by atoms with van der Waals surface area (Å²) in [5.74, 6) is -2.69. The highest BCUT2D eigenvalue weighted by atomic mass is 35.5. The topological polar surface area (TPSA) is 110 Å². The van der Waals surface area contributed by atoms with E-state index in [0.29, 0.717) is 28.0 Å². The number of carbonyl (C=O) groups is 1. The van der Waals surface area contributed by atoms with Gasteiger partial charge in [0.2, 0.25) is 5.76 Å². The van der Waals surface area contributed by atoms with Crippen molar-refractivity contribution in [2.24, 2.45) is 0 Å². The number of halogens is 4.